The topological polar surface area (TPSA) is 70.8 Å². The lowest BCUT2D eigenvalue weighted by molar-refractivity contribution is -0.146. The van der Waals surface area contributed by atoms with Crippen LogP contribution in [0.4, 0.5) is 0 Å². The fourth-order valence-electron chi connectivity index (χ4n) is 1.51. The molecule has 1 heterocycles. The monoisotopic (exact) mass is 223 g/mol. The molecule has 2 rings (SSSR count). The van der Waals surface area contributed by atoms with Gasteiger partial charge in [0.25, 0.3) is 0 Å². The zero-order valence-electron chi connectivity index (χ0n) is 8.93. The van der Waals surface area contributed by atoms with Crippen LogP contribution in [0.15, 0.2) is 24.3 Å². The maximum Gasteiger partial charge on any atom is 0.311 e. The number of benzene rings is 1. The number of carbonyl (C=O) groups is 1. The van der Waals surface area contributed by atoms with Crippen LogP contribution >= 0.6 is 0 Å². The van der Waals surface area contributed by atoms with E-state index in [9.17, 15) is 4.79 Å². The van der Waals surface area contributed by atoms with Gasteiger partial charge < -0.3 is 14.2 Å². The summed E-state index contributed by atoms with van der Waals surface area (Å²) in [7, 11) is 1.31. The molecule has 0 radical (unpaired) electrons. The molecule has 86 valence electrons. The van der Waals surface area contributed by atoms with Gasteiger partial charge in [0.2, 0.25) is 5.72 Å². The Labute approximate surface area is 93.1 Å². The molecule has 5 heteroatoms. The van der Waals surface area contributed by atoms with Gasteiger partial charge in [0, 0.05) is 0 Å². The van der Waals surface area contributed by atoms with E-state index in [0.29, 0.717) is 11.5 Å². The molecule has 1 atom stereocenters. The third-order valence-electron chi connectivity index (χ3n) is 2.31. The summed E-state index contributed by atoms with van der Waals surface area (Å²) in [6, 6.07) is 7.18. The molecule has 0 aliphatic carbocycles. The van der Waals surface area contributed by atoms with E-state index in [4.69, 9.17) is 15.2 Å². The zero-order chi connectivity index (χ0) is 11.6. The van der Waals surface area contributed by atoms with Gasteiger partial charge in [0.05, 0.1) is 7.11 Å². The highest BCUT2D eigenvalue weighted by Crippen LogP contribution is 2.34. The molecule has 0 saturated carbocycles. The Kier molecular flexibility index (Phi) is 2.70. The van der Waals surface area contributed by atoms with Crippen LogP contribution in [0.2, 0.25) is 0 Å². The first-order valence-corrected chi connectivity index (χ1v) is 4.89. The van der Waals surface area contributed by atoms with E-state index in [0.717, 1.165) is 0 Å². The molecule has 1 unspecified atom stereocenters. The molecule has 0 amide bonds. The maximum absolute atomic E-state index is 11.2. The minimum absolute atomic E-state index is 0.0438. The van der Waals surface area contributed by atoms with Crippen molar-refractivity contribution in [2.24, 2.45) is 5.73 Å². The number of esters is 1. The van der Waals surface area contributed by atoms with Crippen molar-refractivity contribution in [2.45, 2.75) is 12.1 Å². The van der Waals surface area contributed by atoms with Gasteiger partial charge in [0.15, 0.2) is 11.5 Å². The van der Waals surface area contributed by atoms with Crippen molar-refractivity contribution in [3.63, 3.8) is 0 Å². The smallest absolute Gasteiger partial charge is 0.311 e. The van der Waals surface area contributed by atoms with Gasteiger partial charge in [0.1, 0.15) is 13.0 Å². The van der Waals surface area contributed by atoms with Crippen LogP contribution in [0.1, 0.15) is 6.42 Å². The fourth-order valence-corrected chi connectivity index (χ4v) is 1.51. The number of hydrogen-bond donors (Lipinski definition) is 1. The van der Waals surface area contributed by atoms with E-state index >= 15 is 0 Å². The molecule has 0 aromatic heterocycles. The summed E-state index contributed by atoms with van der Waals surface area (Å²) in [5.74, 6) is 0.749. The molecule has 1 aliphatic rings. The molecule has 0 bridgehead atoms. The van der Waals surface area contributed by atoms with Crippen molar-refractivity contribution in [2.75, 3.05) is 13.7 Å². The van der Waals surface area contributed by atoms with Crippen LogP contribution in [-0.2, 0) is 9.53 Å². The summed E-state index contributed by atoms with van der Waals surface area (Å²) in [5, 5.41) is 0. The van der Waals surface area contributed by atoms with Crippen LogP contribution in [0.5, 0.6) is 11.5 Å². The Morgan fingerprint density at radius 3 is 2.88 bits per heavy atom. The van der Waals surface area contributed by atoms with Gasteiger partial charge >= 0.3 is 5.97 Å². The van der Waals surface area contributed by atoms with Gasteiger partial charge in [-0.15, -0.1) is 0 Å². The Bertz CT molecular complexity index is 407. The van der Waals surface area contributed by atoms with E-state index < -0.39 is 11.7 Å². The average molecular weight is 223 g/mol. The van der Waals surface area contributed by atoms with E-state index in [1.807, 2.05) is 12.1 Å². The quantitative estimate of drug-likeness (QED) is 0.746. The summed E-state index contributed by atoms with van der Waals surface area (Å²) in [6.07, 6.45) is -0.0438. The fraction of sp³-hybridized carbons (Fsp3) is 0.364. The highest BCUT2D eigenvalue weighted by Gasteiger charge is 2.36. The summed E-state index contributed by atoms with van der Waals surface area (Å²) in [5.41, 5.74) is 4.75. The second kappa shape index (κ2) is 4.02. The van der Waals surface area contributed by atoms with Crippen LogP contribution in [0.25, 0.3) is 0 Å². The Morgan fingerprint density at radius 1 is 1.50 bits per heavy atom. The number of carbonyl (C=O) groups excluding carboxylic acids is 1. The van der Waals surface area contributed by atoms with Crippen LogP contribution < -0.4 is 15.2 Å². The van der Waals surface area contributed by atoms with Crippen molar-refractivity contribution in [3.05, 3.63) is 24.3 Å². The second-order valence-electron chi connectivity index (χ2n) is 3.66. The molecular formula is C11H13NO4. The molecule has 5 nitrogen and oxygen atoms in total. The van der Waals surface area contributed by atoms with Crippen molar-refractivity contribution in [1.29, 1.82) is 0 Å². The number of hydrogen-bond acceptors (Lipinski definition) is 5. The van der Waals surface area contributed by atoms with E-state index in [-0.39, 0.29) is 13.0 Å². The molecule has 0 spiro atoms. The van der Waals surface area contributed by atoms with Crippen molar-refractivity contribution < 1.29 is 19.0 Å². The van der Waals surface area contributed by atoms with Gasteiger partial charge in [-0.3, -0.25) is 10.5 Å². The third kappa shape index (κ3) is 2.09. The number of methoxy groups -OCH3 is 1. The average Bonchev–Trinajstić information content (AvgIpc) is 2.28. The largest absolute Gasteiger partial charge is 0.484 e. The van der Waals surface area contributed by atoms with Crippen LogP contribution in [0, 0.1) is 0 Å². The Morgan fingerprint density at radius 2 is 2.19 bits per heavy atom. The Hall–Kier alpha value is -1.75. The molecular weight excluding hydrogens is 210 g/mol. The van der Waals surface area contributed by atoms with E-state index in [2.05, 4.69) is 4.74 Å². The first kappa shape index (κ1) is 10.8. The summed E-state index contributed by atoms with van der Waals surface area (Å²) in [4.78, 5) is 11.2. The number of ether oxygens (including phenoxy) is 3. The third-order valence-corrected chi connectivity index (χ3v) is 2.31. The Balaban J connectivity index is 2.14. The number of rotatable bonds is 2. The van der Waals surface area contributed by atoms with Crippen molar-refractivity contribution in [3.8, 4) is 11.5 Å². The lowest BCUT2D eigenvalue weighted by atomic mass is 10.1. The predicted octanol–water partition coefficient (Wildman–Crippen LogP) is 0.676. The van der Waals surface area contributed by atoms with Crippen LogP contribution in [-0.4, -0.2) is 25.4 Å². The predicted molar refractivity (Wildman–Crippen MR) is 56.1 cm³/mol. The number of fused-ring (bicyclic) bond motifs is 1. The second-order valence-corrected chi connectivity index (χ2v) is 3.66. The highest BCUT2D eigenvalue weighted by atomic mass is 16.6. The van der Waals surface area contributed by atoms with Gasteiger partial charge in [-0.05, 0) is 12.1 Å². The minimum Gasteiger partial charge on any atom is -0.484 e. The zero-order valence-corrected chi connectivity index (χ0v) is 8.93. The molecule has 2 N–H and O–H groups in total. The molecule has 1 aliphatic heterocycles. The summed E-state index contributed by atoms with van der Waals surface area (Å²) in [6.45, 7) is 0.124. The van der Waals surface area contributed by atoms with Gasteiger partial charge in [-0.1, -0.05) is 12.1 Å². The highest BCUT2D eigenvalue weighted by molar-refractivity contribution is 5.70. The standard InChI is InChI=1S/C11H13NO4/c1-14-10(13)6-11(12)7-15-8-4-2-3-5-9(8)16-11/h2-5H,6-7,12H2,1H3. The van der Waals surface area contributed by atoms with Gasteiger partial charge in [-0.25, -0.2) is 0 Å². The van der Waals surface area contributed by atoms with Crippen LogP contribution in [0.3, 0.4) is 0 Å². The van der Waals surface area contributed by atoms with Crippen molar-refractivity contribution >= 4 is 5.97 Å². The minimum atomic E-state index is -1.15. The first-order valence-electron chi connectivity index (χ1n) is 4.89. The normalized spacial score (nSPS) is 22.6. The lowest BCUT2D eigenvalue weighted by Gasteiger charge is -2.34. The number of nitrogens with two attached hydrogens (primary N) is 1. The molecule has 16 heavy (non-hydrogen) atoms. The number of para-hydroxylation sites is 2. The van der Waals surface area contributed by atoms with E-state index in [1.54, 1.807) is 12.1 Å². The van der Waals surface area contributed by atoms with E-state index in [1.165, 1.54) is 7.11 Å². The summed E-state index contributed by atoms with van der Waals surface area (Å²) < 4.78 is 15.5. The molecule has 1 aromatic carbocycles. The maximum atomic E-state index is 11.2. The van der Waals surface area contributed by atoms with Gasteiger partial charge in [-0.2, -0.15) is 0 Å². The van der Waals surface area contributed by atoms with Crippen molar-refractivity contribution in [1.82, 2.24) is 0 Å². The SMILES string of the molecule is COC(=O)CC1(N)COc2ccccc2O1. The summed E-state index contributed by atoms with van der Waals surface area (Å²) >= 11 is 0. The first-order chi connectivity index (χ1) is 7.63. The molecule has 1 aromatic rings. The molecule has 0 saturated heterocycles. The lowest BCUT2D eigenvalue weighted by Crippen LogP contribution is -2.54. The molecule has 0 fully saturated rings.